The van der Waals surface area contributed by atoms with E-state index >= 15 is 0 Å². The summed E-state index contributed by atoms with van der Waals surface area (Å²) in [6.07, 6.45) is 0.516. The van der Waals surface area contributed by atoms with Gasteiger partial charge in [-0.15, -0.1) is 0 Å². The Morgan fingerprint density at radius 1 is 1.33 bits per heavy atom. The van der Waals surface area contributed by atoms with Gasteiger partial charge in [0.05, 0.1) is 6.42 Å². The van der Waals surface area contributed by atoms with Crippen LogP contribution in [-0.4, -0.2) is 23.0 Å². The van der Waals surface area contributed by atoms with E-state index in [0.29, 0.717) is 18.5 Å². The van der Waals surface area contributed by atoms with E-state index < -0.39 is 5.97 Å². The van der Waals surface area contributed by atoms with E-state index in [2.05, 4.69) is 5.32 Å². The second-order valence-corrected chi connectivity index (χ2v) is 4.08. The maximum atomic E-state index is 11.9. The van der Waals surface area contributed by atoms with Crippen molar-refractivity contribution in [3.8, 4) is 0 Å². The molecule has 0 saturated carbocycles. The van der Waals surface area contributed by atoms with Crippen molar-refractivity contribution in [2.45, 2.75) is 32.4 Å². The Bertz CT molecular complexity index is 415. The zero-order valence-corrected chi connectivity index (χ0v) is 10.3. The lowest BCUT2D eigenvalue weighted by molar-refractivity contribution is -0.137. The Labute approximate surface area is 106 Å². The number of amides is 1. The number of carbonyl (C=O) groups is 2. The summed E-state index contributed by atoms with van der Waals surface area (Å²) in [5.74, 6) is -1.17. The van der Waals surface area contributed by atoms with Gasteiger partial charge in [-0.25, -0.2) is 0 Å². The smallest absolute Gasteiger partial charge is 0.305 e. The number of carbonyl (C=O) groups excluding carboxylic acids is 1. The number of rotatable bonds is 6. The van der Waals surface area contributed by atoms with Gasteiger partial charge in [-0.2, -0.15) is 0 Å². The maximum Gasteiger partial charge on any atom is 0.305 e. The lowest BCUT2D eigenvalue weighted by atomic mass is 10.1. The van der Waals surface area contributed by atoms with Crippen LogP contribution in [-0.2, 0) is 11.3 Å². The predicted molar refractivity (Wildman–Crippen MR) is 68.1 cm³/mol. The molecule has 0 aromatic heterocycles. The summed E-state index contributed by atoms with van der Waals surface area (Å²) in [7, 11) is 0. The summed E-state index contributed by atoms with van der Waals surface area (Å²) < 4.78 is 0. The average molecular weight is 250 g/mol. The molecule has 0 aliphatic rings. The van der Waals surface area contributed by atoms with Crippen molar-refractivity contribution in [3.63, 3.8) is 0 Å². The number of nitrogens with two attached hydrogens (primary N) is 1. The van der Waals surface area contributed by atoms with Crippen molar-refractivity contribution >= 4 is 11.9 Å². The fourth-order valence-electron chi connectivity index (χ4n) is 1.57. The number of nitrogens with one attached hydrogen (secondary N) is 1. The molecule has 1 atom stereocenters. The quantitative estimate of drug-likeness (QED) is 0.705. The second kappa shape index (κ2) is 6.76. The Hall–Kier alpha value is -1.88. The molecular formula is C13H18N2O3. The Balaban J connectivity index is 2.65. The van der Waals surface area contributed by atoms with Crippen LogP contribution in [0, 0.1) is 0 Å². The number of hydrogen-bond donors (Lipinski definition) is 3. The standard InChI is InChI=1S/C13H18N2O3/c1-2-11(7-12(16)17)15-13(18)10-5-3-9(8-14)4-6-10/h3-6,11H,2,7-8,14H2,1H3,(H,15,18)(H,16,17). The molecule has 5 heteroatoms. The van der Waals surface area contributed by atoms with Gasteiger partial charge in [-0.3, -0.25) is 9.59 Å². The van der Waals surface area contributed by atoms with Gasteiger partial charge in [0.25, 0.3) is 5.91 Å². The average Bonchev–Trinajstić information content (AvgIpc) is 2.37. The van der Waals surface area contributed by atoms with Crippen molar-refractivity contribution < 1.29 is 14.7 Å². The molecule has 0 saturated heterocycles. The zero-order valence-electron chi connectivity index (χ0n) is 10.3. The second-order valence-electron chi connectivity index (χ2n) is 4.08. The molecule has 1 unspecified atom stereocenters. The van der Waals surface area contributed by atoms with Gasteiger partial charge in [0.15, 0.2) is 0 Å². The third-order valence-corrected chi connectivity index (χ3v) is 2.70. The van der Waals surface area contributed by atoms with Crippen LogP contribution in [0.25, 0.3) is 0 Å². The highest BCUT2D eigenvalue weighted by atomic mass is 16.4. The summed E-state index contributed by atoms with van der Waals surface area (Å²) in [6, 6.07) is 6.60. The Morgan fingerprint density at radius 2 is 1.94 bits per heavy atom. The summed E-state index contributed by atoms with van der Waals surface area (Å²) in [4.78, 5) is 22.5. The molecular weight excluding hydrogens is 232 g/mol. The molecule has 5 nitrogen and oxygen atoms in total. The first-order valence-corrected chi connectivity index (χ1v) is 5.88. The van der Waals surface area contributed by atoms with Crippen LogP contribution in [0.15, 0.2) is 24.3 Å². The van der Waals surface area contributed by atoms with Gasteiger partial charge in [-0.1, -0.05) is 19.1 Å². The summed E-state index contributed by atoms with van der Waals surface area (Å²) in [5, 5.41) is 11.4. The number of carboxylic acids is 1. The van der Waals surface area contributed by atoms with E-state index in [4.69, 9.17) is 10.8 Å². The maximum absolute atomic E-state index is 11.9. The molecule has 1 amide bonds. The molecule has 0 spiro atoms. The van der Waals surface area contributed by atoms with Gasteiger partial charge < -0.3 is 16.2 Å². The van der Waals surface area contributed by atoms with Gasteiger partial charge in [-0.05, 0) is 24.1 Å². The highest BCUT2D eigenvalue weighted by Crippen LogP contribution is 2.05. The molecule has 1 aromatic rings. The predicted octanol–water partition coefficient (Wildman–Crippen LogP) is 1.13. The number of benzene rings is 1. The van der Waals surface area contributed by atoms with E-state index in [1.807, 2.05) is 6.92 Å². The van der Waals surface area contributed by atoms with Crippen LogP contribution >= 0.6 is 0 Å². The summed E-state index contributed by atoms with van der Waals surface area (Å²) >= 11 is 0. The fourth-order valence-corrected chi connectivity index (χ4v) is 1.57. The van der Waals surface area contributed by atoms with E-state index in [1.54, 1.807) is 24.3 Å². The molecule has 0 aliphatic heterocycles. The molecule has 1 rings (SSSR count). The van der Waals surface area contributed by atoms with Crippen LogP contribution in [0.4, 0.5) is 0 Å². The first kappa shape index (κ1) is 14.2. The van der Waals surface area contributed by atoms with Gasteiger partial charge in [0.1, 0.15) is 0 Å². The monoisotopic (exact) mass is 250 g/mol. The van der Waals surface area contributed by atoms with E-state index in [9.17, 15) is 9.59 Å². The molecule has 18 heavy (non-hydrogen) atoms. The van der Waals surface area contributed by atoms with Crippen LogP contribution in [0.5, 0.6) is 0 Å². The zero-order chi connectivity index (χ0) is 13.5. The molecule has 98 valence electrons. The van der Waals surface area contributed by atoms with Crippen molar-refractivity contribution in [2.24, 2.45) is 5.73 Å². The minimum Gasteiger partial charge on any atom is -0.481 e. The van der Waals surface area contributed by atoms with Crippen LogP contribution in [0.3, 0.4) is 0 Å². The largest absolute Gasteiger partial charge is 0.481 e. The minimum absolute atomic E-state index is 0.0663. The Morgan fingerprint density at radius 3 is 2.39 bits per heavy atom. The number of carboxylic acid groups (broad SMARTS) is 1. The number of aliphatic carboxylic acids is 1. The minimum atomic E-state index is -0.916. The third kappa shape index (κ3) is 4.18. The van der Waals surface area contributed by atoms with Gasteiger partial charge in [0.2, 0.25) is 0 Å². The molecule has 1 aromatic carbocycles. The van der Waals surface area contributed by atoms with Crippen LogP contribution < -0.4 is 11.1 Å². The van der Waals surface area contributed by atoms with Crippen molar-refractivity contribution in [1.29, 1.82) is 0 Å². The van der Waals surface area contributed by atoms with Crippen LogP contribution in [0.1, 0.15) is 35.7 Å². The third-order valence-electron chi connectivity index (χ3n) is 2.70. The van der Waals surface area contributed by atoms with Crippen molar-refractivity contribution in [1.82, 2.24) is 5.32 Å². The fraction of sp³-hybridized carbons (Fsp3) is 0.385. The molecule has 0 fully saturated rings. The lowest BCUT2D eigenvalue weighted by Crippen LogP contribution is -2.36. The Kier molecular flexibility index (Phi) is 5.32. The summed E-state index contributed by atoms with van der Waals surface area (Å²) in [6.45, 7) is 2.27. The molecule has 0 aliphatic carbocycles. The highest BCUT2D eigenvalue weighted by molar-refractivity contribution is 5.94. The normalized spacial score (nSPS) is 11.9. The molecule has 0 bridgehead atoms. The van der Waals surface area contributed by atoms with E-state index in [0.717, 1.165) is 5.56 Å². The van der Waals surface area contributed by atoms with E-state index in [1.165, 1.54) is 0 Å². The van der Waals surface area contributed by atoms with Gasteiger partial charge >= 0.3 is 5.97 Å². The van der Waals surface area contributed by atoms with Crippen molar-refractivity contribution in [3.05, 3.63) is 35.4 Å². The lowest BCUT2D eigenvalue weighted by Gasteiger charge is -2.14. The van der Waals surface area contributed by atoms with Crippen LogP contribution in [0.2, 0.25) is 0 Å². The topological polar surface area (TPSA) is 92.4 Å². The SMILES string of the molecule is CCC(CC(=O)O)NC(=O)c1ccc(CN)cc1. The first-order valence-electron chi connectivity index (χ1n) is 5.88. The molecule has 0 heterocycles. The van der Waals surface area contributed by atoms with Gasteiger partial charge in [0, 0.05) is 18.2 Å². The van der Waals surface area contributed by atoms with E-state index in [-0.39, 0.29) is 18.4 Å². The molecule has 0 radical (unpaired) electrons. The first-order chi connectivity index (χ1) is 8.56. The highest BCUT2D eigenvalue weighted by Gasteiger charge is 2.14. The number of hydrogen-bond acceptors (Lipinski definition) is 3. The van der Waals surface area contributed by atoms with Crippen molar-refractivity contribution in [2.75, 3.05) is 0 Å². The summed E-state index contributed by atoms with van der Waals surface area (Å²) in [5.41, 5.74) is 6.93. The molecule has 4 N–H and O–H groups in total.